The van der Waals surface area contributed by atoms with Crippen LogP contribution in [0.15, 0.2) is 39.7 Å². The molecule has 7 nitrogen and oxygen atoms in total. The van der Waals surface area contributed by atoms with Crippen molar-refractivity contribution in [3.63, 3.8) is 0 Å². The van der Waals surface area contributed by atoms with E-state index in [0.29, 0.717) is 16.1 Å². The van der Waals surface area contributed by atoms with Crippen LogP contribution < -0.4 is 21.5 Å². The van der Waals surface area contributed by atoms with Gasteiger partial charge in [-0.3, -0.25) is 9.36 Å². The van der Waals surface area contributed by atoms with Crippen LogP contribution in [0.1, 0.15) is 43.7 Å². The molecule has 0 amide bonds. The van der Waals surface area contributed by atoms with Gasteiger partial charge in [-0.15, -0.1) is 0 Å². The predicted molar refractivity (Wildman–Crippen MR) is 128 cm³/mol. The van der Waals surface area contributed by atoms with E-state index in [0.717, 1.165) is 61.8 Å². The number of nitrogens with zero attached hydrogens (tertiary/aromatic N) is 4. The van der Waals surface area contributed by atoms with Gasteiger partial charge in [0.25, 0.3) is 5.56 Å². The molecule has 0 bridgehead atoms. The molecule has 1 aliphatic heterocycles. The van der Waals surface area contributed by atoms with Gasteiger partial charge in [-0.1, -0.05) is 12.8 Å². The minimum Gasteiger partial charge on any atom is -0.370 e. The summed E-state index contributed by atoms with van der Waals surface area (Å²) in [5.41, 5.74) is 9.70. The van der Waals surface area contributed by atoms with E-state index >= 15 is 0 Å². The van der Waals surface area contributed by atoms with E-state index in [-0.39, 0.29) is 17.6 Å². The van der Waals surface area contributed by atoms with Gasteiger partial charge >= 0.3 is 0 Å². The van der Waals surface area contributed by atoms with Gasteiger partial charge < -0.3 is 16.0 Å². The van der Waals surface area contributed by atoms with E-state index in [2.05, 4.69) is 43.3 Å². The third-order valence-electron chi connectivity index (χ3n) is 6.54. The van der Waals surface area contributed by atoms with Crippen LogP contribution in [0.3, 0.4) is 0 Å². The zero-order chi connectivity index (χ0) is 21.5. The van der Waals surface area contributed by atoms with Crippen LogP contribution in [-0.2, 0) is 0 Å². The maximum absolute atomic E-state index is 13.1. The van der Waals surface area contributed by atoms with Crippen LogP contribution in [0.5, 0.6) is 0 Å². The fourth-order valence-corrected chi connectivity index (χ4v) is 5.17. The minimum atomic E-state index is -0.00489. The number of halogens is 1. The Balaban J connectivity index is 1.47. The number of nitrogens with two attached hydrogens (primary N) is 1. The molecule has 1 aromatic carbocycles. The number of hydrogen-bond acceptors (Lipinski definition) is 6. The molecule has 1 unspecified atom stereocenters. The summed E-state index contributed by atoms with van der Waals surface area (Å²) in [7, 11) is 0. The maximum atomic E-state index is 13.1. The SMILES string of the molecule is Cc1c(Br)c(=O)n(C2CCCC2)c2nc(Nc3ccc(N4CCC(N)C4)cc3)ncc12. The number of nitrogens with one attached hydrogen (secondary N) is 1. The first-order chi connectivity index (χ1) is 15.0. The Morgan fingerprint density at radius 3 is 2.58 bits per heavy atom. The molecule has 1 atom stereocenters. The fourth-order valence-electron chi connectivity index (χ4n) is 4.77. The van der Waals surface area contributed by atoms with Crippen LogP contribution in [-0.4, -0.2) is 33.7 Å². The Labute approximate surface area is 189 Å². The predicted octanol–water partition coefficient (Wildman–Crippen LogP) is 4.26. The van der Waals surface area contributed by atoms with Gasteiger partial charge in [-0.25, -0.2) is 4.98 Å². The fraction of sp³-hybridized carbons (Fsp3) is 0.435. The summed E-state index contributed by atoms with van der Waals surface area (Å²) in [5.74, 6) is 0.497. The number of anilines is 3. The van der Waals surface area contributed by atoms with E-state index in [4.69, 9.17) is 10.7 Å². The Morgan fingerprint density at radius 1 is 1.16 bits per heavy atom. The topological polar surface area (TPSA) is 89.1 Å². The highest BCUT2D eigenvalue weighted by atomic mass is 79.9. The zero-order valence-electron chi connectivity index (χ0n) is 17.6. The molecule has 3 heterocycles. The summed E-state index contributed by atoms with van der Waals surface area (Å²) in [6, 6.07) is 8.70. The maximum Gasteiger partial charge on any atom is 0.267 e. The standard InChI is InChI=1S/C23H27BrN6O/c1-14-19-12-26-23(27-16-6-8-17(9-7-16)29-11-10-15(25)13-29)28-21(19)30(22(31)20(14)24)18-4-2-3-5-18/h6-9,12,15,18H,2-5,10-11,13,25H2,1H3,(H,26,27,28). The van der Waals surface area contributed by atoms with Crippen molar-refractivity contribution in [2.45, 2.75) is 51.1 Å². The monoisotopic (exact) mass is 482 g/mol. The largest absolute Gasteiger partial charge is 0.370 e. The van der Waals surface area contributed by atoms with E-state index in [1.54, 1.807) is 0 Å². The van der Waals surface area contributed by atoms with Crippen molar-refractivity contribution in [3.8, 4) is 0 Å². The second-order valence-electron chi connectivity index (χ2n) is 8.65. The zero-order valence-corrected chi connectivity index (χ0v) is 19.2. The summed E-state index contributed by atoms with van der Waals surface area (Å²) in [6.45, 7) is 3.83. The van der Waals surface area contributed by atoms with Crippen LogP contribution in [0.4, 0.5) is 17.3 Å². The number of rotatable bonds is 4. The first-order valence-electron chi connectivity index (χ1n) is 11.0. The average Bonchev–Trinajstić information content (AvgIpc) is 3.45. The molecule has 1 saturated carbocycles. The molecule has 1 saturated heterocycles. The highest BCUT2D eigenvalue weighted by Gasteiger charge is 2.24. The van der Waals surface area contributed by atoms with Gasteiger partial charge in [0, 0.05) is 48.1 Å². The van der Waals surface area contributed by atoms with Gasteiger partial charge in [-0.2, -0.15) is 4.98 Å². The van der Waals surface area contributed by atoms with Crippen molar-refractivity contribution in [2.75, 3.05) is 23.3 Å². The molecule has 0 spiro atoms. The number of fused-ring (bicyclic) bond motifs is 1. The van der Waals surface area contributed by atoms with Crippen molar-refractivity contribution in [1.29, 1.82) is 0 Å². The molecular weight excluding hydrogens is 456 g/mol. The smallest absolute Gasteiger partial charge is 0.267 e. The first-order valence-corrected chi connectivity index (χ1v) is 11.8. The molecule has 3 aromatic rings. The van der Waals surface area contributed by atoms with Crippen LogP contribution >= 0.6 is 15.9 Å². The van der Waals surface area contributed by atoms with Gasteiger partial charge in [-0.05, 0) is 71.9 Å². The molecule has 31 heavy (non-hydrogen) atoms. The lowest BCUT2D eigenvalue weighted by atomic mass is 10.1. The van der Waals surface area contributed by atoms with Gasteiger partial charge in [0.15, 0.2) is 0 Å². The van der Waals surface area contributed by atoms with Crippen LogP contribution in [0.25, 0.3) is 11.0 Å². The molecule has 162 valence electrons. The lowest BCUT2D eigenvalue weighted by Gasteiger charge is -2.19. The van der Waals surface area contributed by atoms with Crippen molar-refractivity contribution in [1.82, 2.24) is 14.5 Å². The number of aryl methyl sites for hydroxylation is 1. The Kier molecular flexibility index (Phi) is 5.44. The van der Waals surface area contributed by atoms with Gasteiger partial charge in [0.2, 0.25) is 5.95 Å². The normalized spacial score (nSPS) is 19.5. The summed E-state index contributed by atoms with van der Waals surface area (Å²) in [5, 5.41) is 4.21. The van der Waals surface area contributed by atoms with E-state index in [1.807, 2.05) is 29.8 Å². The molecule has 0 radical (unpaired) electrons. The van der Waals surface area contributed by atoms with E-state index in [9.17, 15) is 4.79 Å². The van der Waals surface area contributed by atoms with Crippen molar-refractivity contribution < 1.29 is 0 Å². The summed E-state index contributed by atoms with van der Waals surface area (Å²) >= 11 is 3.49. The lowest BCUT2D eigenvalue weighted by Crippen LogP contribution is -2.26. The molecule has 2 aromatic heterocycles. The third kappa shape index (κ3) is 3.83. The highest BCUT2D eigenvalue weighted by Crippen LogP contribution is 2.33. The van der Waals surface area contributed by atoms with Crippen LogP contribution in [0, 0.1) is 6.92 Å². The Hall–Kier alpha value is -2.45. The molecule has 3 N–H and O–H groups in total. The van der Waals surface area contributed by atoms with Gasteiger partial charge in [0.1, 0.15) is 5.65 Å². The number of aromatic nitrogens is 3. The number of hydrogen-bond donors (Lipinski definition) is 2. The Bertz CT molecular complexity index is 1170. The van der Waals surface area contributed by atoms with E-state index in [1.165, 1.54) is 5.69 Å². The summed E-state index contributed by atoms with van der Waals surface area (Å²) in [6.07, 6.45) is 7.17. The van der Waals surface area contributed by atoms with E-state index < -0.39 is 0 Å². The van der Waals surface area contributed by atoms with Gasteiger partial charge in [0.05, 0.1) is 4.47 Å². The average molecular weight is 483 g/mol. The van der Waals surface area contributed by atoms with Crippen molar-refractivity contribution >= 4 is 44.3 Å². The summed E-state index contributed by atoms with van der Waals surface area (Å²) in [4.78, 5) is 24.7. The molecule has 2 aliphatic rings. The number of pyridine rings is 1. The highest BCUT2D eigenvalue weighted by molar-refractivity contribution is 9.10. The Morgan fingerprint density at radius 2 is 1.90 bits per heavy atom. The molecule has 1 aliphatic carbocycles. The van der Waals surface area contributed by atoms with Crippen molar-refractivity contribution in [2.24, 2.45) is 5.73 Å². The molecular formula is C23H27BrN6O. The number of benzene rings is 1. The van der Waals surface area contributed by atoms with Crippen LogP contribution in [0.2, 0.25) is 0 Å². The molecule has 8 heteroatoms. The second kappa shape index (κ2) is 8.24. The quantitative estimate of drug-likeness (QED) is 0.577. The molecule has 2 fully saturated rings. The van der Waals surface area contributed by atoms with Crippen molar-refractivity contribution in [3.05, 3.63) is 50.9 Å². The minimum absolute atomic E-state index is 0.00489. The first kappa shape index (κ1) is 20.5. The molecule has 5 rings (SSSR count). The lowest BCUT2D eigenvalue weighted by molar-refractivity contribution is 0.514. The summed E-state index contributed by atoms with van der Waals surface area (Å²) < 4.78 is 2.47. The third-order valence-corrected chi connectivity index (χ3v) is 7.47. The second-order valence-corrected chi connectivity index (χ2v) is 9.44.